The maximum absolute atomic E-state index is 12.9. The second-order valence-corrected chi connectivity index (χ2v) is 15.5. The van der Waals surface area contributed by atoms with Crippen molar-refractivity contribution in [3.05, 3.63) is 0 Å². The van der Waals surface area contributed by atoms with Crippen molar-refractivity contribution >= 4 is 12.1 Å². The zero-order valence-electron chi connectivity index (χ0n) is 24.9. The van der Waals surface area contributed by atoms with Crippen molar-refractivity contribution in [2.45, 2.75) is 112 Å². The summed E-state index contributed by atoms with van der Waals surface area (Å²) in [7, 11) is 1.63. The molecule has 5 rings (SSSR count). The zero-order chi connectivity index (χ0) is 27.9. The highest BCUT2D eigenvalue weighted by molar-refractivity contribution is 5.76. The molecule has 38 heavy (non-hydrogen) atoms. The molecule has 0 radical (unpaired) electrons. The van der Waals surface area contributed by atoms with Crippen molar-refractivity contribution in [2.75, 3.05) is 13.7 Å². The van der Waals surface area contributed by atoms with Gasteiger partial charge < -0.3 is 20.3 Å². The van der Waals surface area contributed by atoms with Gasteiger partial charge in [-0.05, 0) is 116 Å². The molecule has 0 aromatic carbocycles. The van der Waals surface area contributed by atoms with Gasteiger partial charge in [-0.2, -0.15) is 0 Å². The summed E-state index contributed by atoms with van der Waals surface area (Å²) >= 11 is 0. The van der Waals surface area contributed by atoms with Crippen LogP contribution in [-0.2, 0) is 9.53 Å². The van der Waals surface area contributed by atoms with Gasteiger partial charge in [-0.3, -0.25) is 4.79 Å². The van der Waals surface area contributed by atoms with Crippen LogP contribution in [0.1, 0.15) is 106 Å². The molecule has 0 bridgehead atoms. The lowest BCUT2D eigenvalue weighted by Crippen LogP contribution is -2.67. The van der Waals surface area contributed by atoms with E-state index in [-0.39, 0.29) is 52.3 Å². The molecule has 0 spiro atoms. The number of carboxylic acid groups (broad SMARTS) is 1. The standard InChI is InChI=1S/C32H53NO5/c1-19(18-34)20-10-15-32(26(35)36)17-16-30(5)21(25(20)32)8-9-23-29(4)13-12-24(38-27(37)33-7)28(2,3)22(29)11-14-31(23,30)6/h19-25,34H,8-18H2,1-7H3,(H,33,37)(H,35,36)/t19?,20-,21?,22?,23?,24+,25?,29-,30+,31+,32-/m0/s1. The van der Waals surface area contributed by atoms with E-state index < -0.39 is 11.4 Å². The monoisotopic (exact) mass is 531 g/mol. The number of aliphatic hydroxyl groups excluding tert-OH is 1. The van der Waals surface area contributed by atoms with Crippen LogP contribution in [0, 0.1) is 62.6 Å². The van der Waals surface area contributed by atoms with Crippen LogP contribution in [0.3, 0.4) is 0 Å². The fraction of sp³-hybridized carbons (Fsp3) is 0.938. The van der Waals surface area contributed by atoms with Crippen LogP contribution in [0.4, 0.5) is 4.79 Å². The lowest BCUT2D eigenvalue weighted by Gasteiger charge is -2.72. The van der Waals surface area contributed by atoms with Gasteiger partial charge in [0.2, 0.25) is 0 Å². The first kappa shape index (κ1) is 28.2. The predicted molar refractivity (Wildman–Crippen MR) is 147 cm³/mol. The molecule has 0 heterocycles. The normalized spacial score (nSPS) is 50.0. The molecule has 5 saturated carbocycles. The largest absolute Gasteiger partial charge is 0.481 e. The molecule has 0 aromatic rings. The zero-order valence-corrected chi connectivity index (χ0v) is 24.9. The van der Waals surface area contributed by atoms with Crippen LogP contribution in [0.2, 0.25) is 0 Å². The number of fused-ring (bicyclic) bond motifs is 7. The van der Waals surface area contributed by atoms with Crippen molar-refractivity contribution < 1.29 is 24.5 Å². The molecule has 6 nitrogen and oxygen atoms in total. The number of carbonyl (C=O) groups excluding carboxylic acids is 1. The first-order valence-electron chi connectivity index (χ1n) is 15.5. The van der Waals surface area contributed by atoms with Gasteiger partial charge in [0.25, 0.3) is 0 Å². The highest BCUT2D eigenvalue weighted by Crippen LogP contribution is 2.77. The van der Waals surface area contributed by atoms with E-state index in [4.69, 9.17) is 4.74 Å². The van der Waals surface area contributed by atoms with Gasteiger partial charge in [0.05, 0.1) is 5.41 Å². The van der Waals surface area contributed by atoms with Crippen molar-refractivity contribution in [1.82, 2.24) is 5.32 Å². The van der Waals surface area contributed by atoms with E-state index in [1.54, 1.807) is 7.05 Å². The number of aliphatic hydroxyl groups is 1. The number of carbonyl (C=O) groups is 2. The summed E-state index contributed by atoms with van der Waals surface area (Å²) in [5.74, 6) is 1.50. The summed E-state index contributed by atoms with van der Waals surface area (Å²) in [5, 5.41) is 23.4. The number of alkyl carbamates (subject to hydrolysis) is 1. The number of hydrogen-bond donors (Lipinski definition) is 3. The van der Waals surface area contributed by atoms with E-state index in [0.717, 1.165) is 64.2 Å². The average molecular weight is 532 g/mol. The molecule has 0 aromatic heterocycles. The van der Waals surface area contributed by atoms with Gasteiger partial charge in [-0.1, -0.05) is 41.5 Å². The number of aliphatic carboxylic acids is 1. The minimum absolute atomic E-state index is 0.0677. The second-order valence-electron chi connectivity index (χ2n) is 15.5. The molecule has 5 fully saturated rings. The van der Waals surface area contributed by atoms with Crippen molar-refractivity contribution in [3.63, 3.8) is 0 Å². The van der Waals surface area contributed by atoms with E-state index in [2.05, 4.69) is 46.9 Å². The third-order valence-corrected chi connectivity index (χ3v) is 14.3. The van der Waals surface area contributed by atoms with E-state index in [9.17, 15) is 19.8 Å². The number of nitrogens with one attached hydrogen (secondary N) is 1. The lowest BCUT2D eigenvalue weighted by atomic mass is 9.32. The minimum Gasteiger partial charge on any atom is -0.481 e. The Morgan fingerprint density at radius 2 is 1.61 bits per heavy atom. The molecular weight excluding hydrogens is 478 g/mol. The van der Waals surface area contributed by atoms with Gasteiger partial charge in [-0.25, -0.2) is 4.79 Å². The molecular formula is C32H53NO5. The quantitative estimate of drug-likeness (QED) is 0.385. The molecule has 5 aliphatic carbocycles. The maximum Gasteiger partial charge on any atom is 0.407 e. The smallest absolute Gasteiger partial charge is 0.407 e. The van der Waals surface area contributed by atoms with Gasteiger partial charge in [0, 0.05) is 19.1 Å². The molecule has 6 heteroatoms. The summed E-state index contributed by atoms with van der Waals surface area (Å²) < 4.78 is 5.92. The predicted octanol–water partition coefficient (Wildman–Crippen LogP) is 6.51. The maximum atomic E-state index is 12.9. The van der Waals surface area contributed by atoms with Gasteiger partial charge in [-0.15, -0.1) is 0 Å². The fourth-order valence-corrected chi connectivity index (χ4v) is 12.2. The molecule has 1 amide bonds. The lowest BCUT2D eigenvalue weighted by molar-refractivity contribution is -0.249. The molecule has 11 atom stereocenters. The van der Waals surface area contributed by atoms with Crippen LogP contribution < -0.4 is 5.32 Å². The Kier molecular flexibility index (Phi) is 6.77. The molecule has 3 N–H and O–H groups in total. The minimum atomic E-state index is -0.611. The average Bonchev–Trinajstić information content (AvgIpc) is 3.26. The van der Waals surface area contributed by atoms with Crippen LogP contribution in [0.25, 0.3) is 0 Å². The molecule has 5 aliphatic rings. The van der Waals surface area contributed by atoms with Crippen LogP contribution in [-0.4, -0.2) is 42.0 Å². The summed E-state index contributed by atoms with van der Waals surface area (Å²) in [4.78, 5) is 25.0. The third-order valence-electron chi connectivity index (χ3n) is 14.3. The Hall–Kier alpha value is -1.30. The van der Waals surface area contributed by atoms with Crippen LogP contribution in [0.15, 0.2) is 0 Å². The third kappa shape index (κ3) is 3.53. The fourth-order valence-electron chi connectivity index (χ4n) is 12.2. The molecule has 5 unspecified atom stereocenters. The number of ether oxygens (including phenoxy) is 1. The first-order valence-corrected chi connectivity index (χ1v) is 15.5. The van der Waals surface area contributed by atoms with Crippen LogP contribution >= 0.6 is 0 Å². The Morgan fingerprint density at radius 1 is 0.895 bits per heavy atom. The highest BCUT2D eigenvalue weighted by atomic mass is 16.6. The van der Waals surface area contributed by atoms with E-state index in [1.807, 2.05) is 0 Å². The first-order chi connectivity index (χ1) is 17.7. The van der Waals surface area contributed by atoms with Crippen LogP contribution in [0.5, 0.6) is 0 Å². The highest BCUT2D eigenvalue weighted by Gasteiger charge is 2.72. The topological polar surface area (TPSA) is 95.9 Å². The second kappa shape index (κ2) is 9.11. The molecule has 0 saturated heterocycles. The van der Waals surface area contributed by atoms with E-state index >= 15 is 0 Å². The Labute approximate surface area is 230 Å². The summed E-state index contributed by atoms with van der Waals surface area (Å²) in [6.45, 7) is 14.6. The SMILES string of the molecule is CNC(=O)O[C@@H]1CC[C@@]2(C)C(CC[C@]3(C)C2CCC2C4[C@H](C(C)CO)CC[C@]4(C(=O)O)CC[C@]23C)C1(C)C. The van der Waals surface area contributed by atoms with Gasteiger partial charge in [0.1, 0.15) is 6.10 Å². The van der Waals surface area contributed by atoms with Gasteiger partial charge >= 0.3 is 12.1 Å². The number of rotatable bonds is 4. The summed E-state index contributed by atoms with van der Waals surface area (Å²) in [5.41, 5.74) is -0.255. The molecule has 216 valence electrons. The van der Waals surface area contributed by atoms with Gasteiger partial charge in [0.15, 0.2) is 0 Å². The number of hydrogen-bond acceptors (Lipinski definition) is 4. The van der Waals surface area contributed by atoms with E-state index in [0.29, 0.717) is 23.7 Å². The number of carboxylic acids is 1. The summed E-state index contributed by atoms with van der Waals surface area (Å²) in [6.07, 6.45) is 9.64. The van der Waals surface area contributed by atoms with E-state index in [1.165, 1.54) is 0 Å². The Bertz CT molecular complexity index is 965. The van der Waals surface area contributed by atoms with Crippen molar-refractivity contribution in [3.8, 4) is 0 Å². The number of amides is 1. The van der Waals surface area contributed by atoms with Crippen molar-refractivity contribution in [1.29, 1.82) is 0 Å². The molecule has 0 aliphatic heterocycles. The summed E-state index contributed by atoms with van der Waals surface area (Å²) in [6, 6.07) is 0. The van der Waals surface area contributed by atoms with Crippen molar-refractivity contribution in [2.24, 2.45) is 62.6 Å². The Morgan fingerprint density at radius 3 is 2.24 bits per heavy atom. The Balaban J connectivity index is 1.50.